The Bertz CT molecular complexity index is 93.1. The second-order valence-corrected chi connectivity index (χ2v) is 1.57. The predicted octanol–water partition coefficient (Wildman–Crippen LogP) is 0.902. The average molecular weight is 150 g/mol. The number of halogens is 1. The second-order valence-electron chi connectivity index (χ2n) is 1.57. The molecule has 2 nitrogen and oxygen atoms in total. The first-order valence-corrected chi connectivity index (χ1v) is 2.64. The Morgan fingerprint density at radius 3 is 2.56 bits per heavy atom. The summed E-state index contributed by atoms with van der Waals surface area (Å²) < 4.78 is 0. The smallest absolute Gasteiger partial charge is 0.146 e. The van der Waals surface area contributed by atoms with Crippen molar-refractivity contribution in [2.45, 2.75) is 12.8 Å². The maximum absolute atomic E-state index is 10.4. The third kappa shape index (κ3) is 7.66. The van der Waals surface area contributed by atoms with Gasteiger partial charge in [-0.05, 0) is 6.42 Å². The molecule has 0 heterocycles. The van der Waals surface area contributed by atoms with Crippen LogP contribution in [0.4, 0.5) is 0 Å². The largest absolute Gasteiger partial charge is 0.324 e. The van der Waals surface area contributed by atoms with Gasteiger partial charge in [0.1, 0.15) is 5.78 Å². The molecule has 0 aliphatic carbocycles. The molecule has 0 aromatic heterocycles. The van der Waals surface area contributed by atoms with Gasteiger partial charge in [0.05, 0.1) is 6.54 Å². The topological polar surface area (TPSA) is 43.1 Å². The van der Waals surface area contributed by atoms with Gasteiger partial charge in [-0.2, -0.15) is 0 Å². The highest BCUT2D eigenvalue weighted by atomic mass is 35.5. The standard InChI is InChI=1S/C6H11NO.ClH/c1-2-3-4-6(8)5-7;/h2H,1,3-5,7H2;1H. The van der Waals surface area contributed by atoms with E-state index >= 15 is 0 Å². The number of hydrogen-bond donors (Lipinski definition) is 1. The Kier molecular flexibility index (Phi) is 9.75. The lowest BCUT2D eigenvalue weighted by molar-refractivity contribution is -0.117. The molecule has 0 radical (unpaired) electrons. The molecule has 0 saturated heterocycles. The highest BCUT2D eigenvalue weighted by molar-refractivity contribution is 5.85. The Morgan fingerprint density at radius 1 is 1.67 bits per heavy atom. The minimum absolute atomic E-state index is 0. The summed E-state index contributed by atoms with van der Waals surface area (Å²) in [4.78, 5) is 10.4. The van der Waals surface area contributed by atoms with Crippen LogP contribution in [0, 0.1) is 0 Å². The summed E-state index contributed by atoms with van der Waals surface area (Å²) in [6.07, 6.45) is 3.00. The van der Waals surface area contributed by atoms with Crippen LogP contribution in [0.1, 0.15) is 12.8 Å². The Balaban J connectivity index is 0. The monoisotopic (exact) mass is 149 g/mol. The zero-order valence-electron chi connectivity index (χ0n) is 5.30. The van der Waals surface area contributed by atoms with Gasteiger partial charge in [-0.15, -0.1) is 19.0 Å². The van der Waals surface area contributed by atoms with Crippen LogP contribution in [-0.4, -0.2) is 12.3 Å². The summed E-state index contributed by atoms with van der Waals surface area (Å²) in [7, 11) is 0. The zero-order valence-corrected chi connectivity index (χ0v) is 6.12. The van der Waals surface area contributed by atoms with Gasteiger partial charge in [-0.25, -0.2) is 0 Å². The maximum Gasteiger partial charge on any atom is 0.146 e. The van der Waals surface area contributed by atoms with Crippen LogP contribution in [0.2, 0.25) is 0 Å². The van der Waals surface area contributed by atoms with E-state index in [4.69, 9.17) is 5.73 Å². The number of hydrogen-bond acceptors (Lipinski definition) is 2. The van der Waals surface area contributed by atoms with Gasteiger partial charge in [0.2, 0.25) is 0 Å². The first-order chi connectivity index (χ1) is 3.81. The van der Waals surface area contributed by atoms with E-state index in [1.807, 2.05) is 0 Å². The lowest BCUT2D eigenvalue weighted by Crippen LogP contribution is -2.12. The number of carbonyl (C=O) groups is 1. The summed E-state index contributed by atoms with van der Waals surface area (Å²) in [5, 5.41) is 0. The van der Waals surface area contributed by atoms with Gasteiger partial charge in [0.15, 0.2) is 0 Å². The van der Waals surface area contributed by atoms with Crippen LogP contribution in [-0.2, 0) is 4.79 Å². The molecule has 0 aliphatic heterocycles. The van der Waals surface area contributed by atoms with E-state index < -0.39 is 0 Å². The average Bonchev–Trinajstić information content (AvgIpc) is 1.83. The van der Waals surface area contributed by atoms with E-state index in [2.05, 4.69) is 6.58 Å². The van der Waals surface area contributed by atoms with Crippen LogP contribution in [0.3, 0.4) is 0 Å². The predicted molar refractivity (Wildman–Crippen MR) is 40.7 cm³/mol. The summed E-state index contributed by atoms with van der Waals surface area (Å²) >= 11 is 0. The number of ketones is 1. The van der Waals surface area contributed by atoms with Crippen molar-refractivity contribution < 1.29 is 4.79 Å². The molecule has 0 atom stereocenters. The van der Waals surface area contributed by atoms with Crippen LogP contribution >= 0.6 is 12.4 Å². The van der Waals surface area contributed by atoms with Crippen molar-refractivity contribution in [2.24, 2.45) is 5.73 Å². The fourth-order valence-electron chi connectivity index (χ4n) is 0.365. The Labute approximate surface area is 61.5 Å². The van der Waals surface area contributed by atoms with Gasteiger partial charge in [0.25, 0.3) is 0 Å². The number of Topliss-reactive ketones (excluding diaryl/α,β-unsaturated/α-hetero) is 1. The molecule has 0 aromatic carbocycles. The molecule has 2 N–H and O–H groups in total. The van der Waals surface area contributed by atoms with Crippen molar-refractivity contribution in [1.29, 1.82) is 0 Å². The molecule has 3 heteroatoms. The highest BCUT2D eigenvalue weighted by Crippen LogP contribution is 1.88. The lowest BCUT2D eigenvalue weighted by atomic mass is 10.2. The minimum Gasteiger partial charge on any atom is -0.324 e. The van der Waals surface area contributed by atoms with Gasteiger partial charge in [-0.1, -0.05) is 6.08 Å². The SMILES string of the molecule is C=CCCC(=O)CN.Cl. The molecule has 0 amide bonds. The van der Waals surface area contributed by atoms with Crippen molar-refractivity contribution in [1.82, 2.24) is 0 Å². The number of nitrogens with two attached hydrogens (primary N) is 1. The molecule has 54 valence electrons. The summed E-state index contributed by atoms with van der Waals surface area (Å²) in [6, 6.07) is 0. The first kappa shape index (κ1) is 11.5. The van der Waals surface area contributed by atoms with Gasteiger partial charge in [0, 0.05) is 6.42 Å². The number of allylic oxidation sites excluding steroid dienone is 1. The number of carbonyl (C=O) groups excluding carboxylic acids is 1. The van der Waals surface area contributed by atoms with Gasteiger partial charge in [-0.3, -0.25) is 4.79 Å². The van der Waals surface area contributed by atoms with E-state index in [9.17, 15) is 4.79 Å². The van der Waals surface area contributed by atoms with Crippen LogP contribution in [0.15, 0.2) is 12.7 Å². The van der Waals surface area contributed by atoms with Crippen molar-refractivity contribution in [3.05, 3.63) is 12.7 Å². The van der Waals surface area contributed by atoms with Crippen LogP contribution in [0.5, 0.6) is 0 Å². The van der Waals surface area contributed by atoms with Gasteiger partial charge < -0.3 is 5.73 Å². The van der Waals surface area contributed by atoms with E-state index in [1.54, 1.807) is 6.08 Å². The van der Waals surface area contributed by atoms with E-state index in [1.165, 1.54) is 0 Å². The van der Waals surface area contributed by atoms with E-state index in [0.29, 0.717) is 6.42 Å². The van der Waals surface area contributed by atoms with Crippen molar-refractivity contribution in [3.63, 3.8) is 0 Å². The van der Waals surface area contributed by atoms with Crippen LogP contribution < -0.4 is 5.73 Å². The molecule has 0 aromatic rings. The first-order valence-electron chi connectivity index (χ1n) is 2.64. The molecule has 0 bridgehead atoms. The summed E-state index contributed by atoms with van der Waals surface area (Å²) in [6.45, 7) is 3.63. The van der Waals surface area contributed by atoms with Crippen molar-refractivity contribution >= 4 is 18.2 Å². The third-order valence-electron chi connectivity index (χ3n) is 0.855. The second kappa shape index (κ2) is 7.66. The fraction of sp³-hybridized carbons (Fsp3) is 0.500. The lowest BCUT2D eigenvalue weighted by Gasteiger charge is -1.88. The fourth-order valence-corrected chi connectivity index (χ4v) is 0.365. The molecule has 0 aliphatic rings. The van der Waals surface area contributed by atoms with Crippen molar-refractivity contribution in [3.8, 4) is 0 Å². The third-order valence-corrected chi connectivity index (χ3v) is 0.855. The maximum atomic E-state index is 10.4. The number of rotatable bonds is 4. The molecule has 0 spiro atoms. The zero-order chi connectivity index (χ0) is 6.41. The summed E-state index contributed by atoms with van der Waals surface area (Å²) in [5.41, 5.74) is 5.03. The Morgan fingerprint density at radius 2 is 2.22 bits per heavy atom. The molecule has 0 fully saturated rings. The van der Waals surface area contributed by atoms with E-state index in [0.717, 1.165) is 6.42 Å². The normalized spacial score (nSPS) is 7.67. The van der Waals surface area contributed by atoms with Crippen LogP contribution in [0.25, 0.3) is 0 Å². The molecule has 0 saturated carbocycles. The summed E-state index contributed by atoms with van der Waals surface area (Å²) in [5.74, 6) is 0.102. The highest BCUT2D eigenvalue weighted by Gasteiger charge is 1.92. The minimum atomic E-state index is 0. The molecule has 0 unspecified atom stereocenters. The Hall–Kier alpha value is -0.340. The molecule has 0 rings (SSSR count). The van der Waals surface area contributed by atoms with Gasteiger partial charge >= 0.3 is 0 Å². The van der Waals surface area contributed by atoms with E-state index in [-0.39, 0.29) is 24.7 Å². The van der Waals surface area contributed by atoms with Crippen molar-refractivity contribution in [2.75, 3.05) is 6.54 Å². The molecular weight excluding hydrogens is 138 g/mol. The quantitative estimate of drug-likeness (QED) is 0.604. The molecular formula is C6H12ClNO. The molecule has 9 heavy (non-hydrogen) atoms.